The van der Waals surface area contributed by atoms with Gasteiger partial charge in [-0.15, -0.1) is 0 Å². The fourth-order valence-electron chi connectivity index (χ4n) is 1.29. The summed E-state index contributed by atoms with van der Waals surface area (Å²) in [7, 11) is 1.92. The maximum Gasteiger partial charge on any atom is 0.0629 e. The predicted octanol–water partition coefficient (Wildman–Crippen LogP) is -0.532. The molecule has 0 saturated heterocycles. The summed E-state index contributed by atoms with van der Waals surface area (Å²) in [6.45, 7) is 4.19. The highest BCUT2D eigenvalue weighted by Gasteiger charge is 2.07. The number of aryl methyl sites for hydroxylation is 2. The number of hydrogen-bond acceptors (Lipinski definition) is 3. The largest absolute Gasteiger partial charge is 0.412 e. The third kappa shape index (κ3) is 5.17. The lowest BCUT2D eigenvalue weighted by molar-refractivity contribution is 0.299. The van der Waals surface area contributed by atoms with E-state index in [0.29, 0.717) is 6.42 Å². The predicted molar refractivity (Wildman–Crippen MR) is 65.6 cm³/mol. The number of hydrogen-bond donors (Lipinski definition) is 2. The van der Waals surface area contributed by atoms with Crippen LogP contribution >= 0.6 is 12.6 Å². The Morgan fingerprint density at radius 2 is 1.73 bits per heavy atom. The van der Waals surface area contributed by atoms with Gasteiger partial charge in [-0.25, -0.2) is 0 Å². The molecule has 0 bridgehead atoms. The number of rotatable bonds is 2. The fraction of sp³-hybridized carbons (Fsp3) is 0.667. The van der Waals surface area contributed by atoms with Gasteiger partial charge in [0.25, 0.3) is 0 Å². The van der Waals surface area contributed by atoms with Gasteiger partial charge in [-0.1, -0.05) is 0 Å². The van der Waals surface area contributed by atoms with Crippen LogP contribution < -0.4 is 0 Å². The molecule has 1 rings (SSSR count). The molecule has 6 heteroatoms. The highest BCUT2D eigenvalue weighted by atomic mass is 32.1. The lowest BCUT2D eigenvalue weighted by atomic mass is 10.1. The van der Waals surface area contributed by atoms with Crippen molar-refractivity contribution < 1.29 is 16.1 Å². The third-order valence-electron chi connectivity index (χ3n) is 2.02. The van der Waals surface area contributed by atoms with Crippen LogP contribution in [0.3, 0.4) is 0 Å². The first-order chi connectivity index (χ1) is 6.16. The third-order valence-corrected chi connectivity index (χ3v) is 2.02. The van der Waals surface area contributed by atoms with Crippen molar-refractivity contribution in [2.75, 3.05) is 12.9 Å². The Morgan fingerprint density at radius 3 is 2.00 bits per heavy atom. The number of aliphatic hydroxyl groups excluding tert-OH is 1. The van der Waals surface area contributed by atoms with Crippen LogP contribution in [0, 0.1) is 13.8 Å². The summed E-state index contributed by atoms with van der Waals surface area (Å²) < 4.78 is 1.85. The van der Waals surface area contributed by atoms with Crippen molar-refractivity contribution in [2.24, 2.45) is 7.05 Å². The van der Waals surface area contributed by atoms with Crippen molar-refractivity contribution in [1.82, 2.24) is 9.78 Å². The molecule has 0 atom stereocenters. The maximum absolute atomic E-state index is 8.74. The lowest BCUT2D eigenvalue weighted by Crippen LogP contribution is -1.96. The average Bonchev–Trinajstić information content (AvgIpc) is 2.36. The van der Waals surface area contributed by atoms with Crippen LogP contribution in [0.4, 0.5) is 0 Å². The SMILES string of the molecule is CS.Cc1nn(C)c(C)c1CCO.O.O. The van der Waals surface area contributed by atoms with Gasteiger partial charge >= 0.3 is 0 Å². The maximum atomic E-state index is 8.74. The van der Waals surface area contributed by atoms with Crippen LogP contribution in [0.5, 0.6) is 0 Å². The smallest absolute Gasteiger partial charge is 0.0629 e. The molecule has 15 heavy (non-hydrogen) atoms. The molecule has 1 aromatic rings. The Morgan fingerprint density at radius 1 is 1.27 bits per heavy atom. The summed E-state index contributed by atoms with van der Waals surface area (Å²) in [6.07, 6.45) is 2.41. The quantitative estimate of drug-likeness (QED) is 0.677. The first-order valence-corrected chi connectivity index (χ1v) is 5.11. The van der Waals surface area contributed by atoms with Crippen molar-refractivity contribution in [3.05, 3.63) is 17.0 Å². The summed E-state index contributed by atoms with van der Waals surface area (Å²) >= 11 is 3.53. The minimum atomic E-state index is 0. The van der Waals surface area contributed by atoms with Gasteiger partial charge in [0, 0.05) is 19.3 Å². The van der Waals surface area contributed by atoms with Gasteiger partial charge in [0.05, 0.1) is 5.69 Å². The van der Waals surface area contributed by atoms with E-state index in [4.69, 9.17) is 5.11 Å². The van der Waals surface area contributed by atoms with Crippen LogP contribution in [0.25, 0.3) is 0 Å². The monoisotopic (exact) mass is 238 g/mol. The Bertz CT molecular complexity index is 264. The Balaban J connectivity index is -0.000000339. The summed E-state index contributed by atoms with van der Waals surface area (Å²) in [5, 5.41) is 13.0. The van der Waals surface area contributed by atoms with Gasteiger partial charge < -0.3 is 16.1 Å². The summed E-state index contributed by atoms with van der Waals surface area (Å²) in [6, 6.07) is 0. The molecule has 5 nitrogen and oxygen atoms in total. The minimum absolute atomic E-state index is 0. The lowest BCUT2D eigenvalue weighted by Gasteiger charge is -1.97. The van der Waals surface area contributed by atoms with Gasteiger partial charge in [0.1, 0.15) is 0 Å². The van der Waals surface area contributed by atoms with Gasteiger partial charge in [-0.3, -0.25) is 4.68 Å². The zero-order chi connectivity index (χ0) is 10.4. The van der Waals surface area contributed by atoms with Crippen molar-refractivity contribution in [2.45, 2.75) is 20.3 Å². The molecule has 92 valence electrons. The van der Waals surface area contributed by atoms with E-state index in [9.17, 15) is 0 Å². The first-order valence-electron chi connectivity index (χ1n) is 4.21. The number of aliphatic hydroxyl groups is 1. The molecule has 0 fully saturated rings. The summed E-state index contributed by atoms with van der Waals surface area (Å²) in [5.74, 6) is 0. The van der Waals surface area contributed by atoms with Gasteiger partial charge in [0.2, 0.25) is 0 Å². The molecule has 0 aliphatic heterocycles. The fourth-order valence-corrected chi connectivity index (χ4v) is 1.29. The molecule has 0 aliphatic carbocycles. The van der Waals surface area contributed by atoms with Crippen LogP contribution in [0.2, 0.25) is 0 Å². The molecule has 0 amide bonds. The minimum Gasteiger partial charge on any atom is -0.412 e. The second-order valence-electron chi connectivity index (χ2n) is 2.75. The normalized spacial score (nSPS) is 8.13. The van der Waals surface area contributed by atoms with E-state index in [-0.39, 0.29) is 17.6 Å². The van der Waals surface area contributed by atoms with Crippen molar-refractivity contribution in [3.63, 3.8) is 0 Å². The second kappa shape index (κ2) is 9.97. The zero-order valence-corrected chi connectivity index (χ0v) is 10.6. The highest BCUT2D eigenvalue weighted by Crippen LogP contribution is 2.11. The molecule has 0 saturated carbocycles. The van der Waals surface area contributed by atoms with E-state index in [0.717, 1.165) is 11.4 Å². The Labute approximate surface area is 96.1 Å². The number of thiol groups is 1. The van der Waals surface area contributed by atoms with Gasteiger partial charge in [-0.05, 0) is 32.1 Å². The highest BCUT2D eigenvalue weighted by molar-refractivity contribution is 7.79. The van der Waals surface area contributed by atoms with E-state index in [1.165, 1.54) is 5.56 Å². The molecule has 5 N–H and O–H groups in total. The molecule has 1 aromatic heterocycles. The summed E-state index contributed by atoms with van der Waals surface area (Å²) in [4.78, 5) is 0. The zero-order valence-electron chi connectivity index (χ0n) is 9.70. The molecule has 0 radical (unpaired) electrons. The molecular formula is C9H22N2O3S. The number of nitrogens with zero attached hydrogens (tertiary/aromatic N) is 2. The van der Waals surface area contributed by atoms with Crippen molar-refractivity contribution in [1.29, 1.82) is 0 Å². The molecular weight excluding hydrogens is 216 g/mol. The van der Waals surface area contributed by atoms with E-state index in [1.54, 1.807) is 6.26 Å². The Kier molecular flexibility index (Phi) is 13.3. The van der Waals surface area contributed by atoms with E-state index < -0.39 is 0 Å². The van der Waals surface area contributed by atoms with Crippen LogP contribution in [0.1, 0.15) is 17.0 Å². The first kappa shape index (κ1) is 19.9. The van der Waals surface area contributed by atoms with Gasteiger partial charge in [0.15, 0.2) is 0 Å². The standard InChI is InChI=1S/C8H14N2O.CH4S.2H2O/c1-6-8(4-5-11)7(2)10(3)9-6;1-2;;/h11H,4-5H2,1-3H3;2H,1H3;2*1H2. The molecule has 0 aliphatic rings. The summed E-state index contributed by atoms with van der Waals surface area (Å²) in [5.41, 5.74) is 3.35. The van der Waals surface area contributed by atoms with E-state index in [2.05, 4.69) is 17.7 Å². The van der Waals surface area contributed by atoms with Crippen molar-refractivity contribution in [3.8, 4) is 0 Å². The van der Waals surface area contributed by atoms with E-state index in [1.807, 2.05) is 25.6 Å². The molecule has 1 heterocycles. The average molecular weight is 238 g/mol. The second-order valence-corrected chi connectivity index (χ2v) is 2.75. The number of aromatic nitrogens is 2. The molecule has 0 spiro atoms. The molecule has 0 unspecified atom stereocenters. The topological polar surface area (TPSA) is 101 Å². The van der Waals surface area contributed by atoms with Gasteiger partial charge in [-0.2, -0.15) is 17.7 Å². The van der Waals surface area contributed by atoms with Crippen LogP contribution in [0.15, 0.2) is 0 Å². The van der Waals surface area contributed by atoms with Crippen LogP contribution in [-0.2, 0) is 13.5 Å². The van der Waals surface area contributed by atoms with Crippen molar-refractivity contribution >= 4 is 12.6 Å². The van der Waals surface area contributed by atoms with E-state index >= 15 is 0 Å². The molecule has 0 aromatic carbocycles. The Hall–Kier alpha value is -0.560. The van der Waals surface area contributed by atoms with Crippen LogP contribution in [-0.4, -0.2) is 38.7 Å².